The summed E-state index contributed by atoms with van der Waals surface area (Å²) in [5.74, 6) is 0.243. The van der Waals surface area contributed by atoms with Crippen LogP contribution in [0, 0.1) is 13.8 Å². The molecule has 0 spiro atoms. The van der Waals surface area contributed by atoms with Gasteiger partial charge in [-0.3, -0.25) is 9.36 Å². The normalized spacial score (nSPS) is 15.0. The SMILES string of the molecule is Cc1ccc(-n2ccnc2SCC(=O)N2CCN(S(=O)(=O)Cc3ccccc3)CC2)cc1C. The maximum absolute atomic E-state index is 12.8. The highest BCUT2D eigenvalue weighted by Crippen LogP contribution is 2.23. The third-order valence-electron chi connectivity index (χ3n) is 5.88. The molecular formula is C24H28N4O3S2. The Balaban J connectivity index is 1.31. The number of aryl methyl sites for hydroxylation is 2. The average molecular weight is 485 g/mol. The highest BCUT2D eigenvalue weighted by molar-refractivity contribution is 7.99. The molecule has 33 heavy (non-hydrogen) atoms. The van der Waals surface area contributed by atoms with E-state index in [1.807, 2.05) is 47.2 Å². The molecule has 0 radical (unpaired) electrons. The fourth-order valence-corrected chi connectivity index (χ4v) is 6.17. The molecule has 0 saturated carbocycles. The monoisotopic (exact) mass is 484 g/mol. The summed E-state index contributed by atoms with van der Waals surface area (Å²) in [6, 6.07) is 15.4. The number of amides is 1. The Labute approximate surface area is 199 Å². The number of piperazine rings is 1. The minimum absolute atomic E-state index is 0.00487. The van der Waals surface area contributed by atoms with Gasteiger partial charge in [0.05, 0.1) is 11.5 Å². The first-order chi connectivity index (χ1) is 15.8. The van der Waals surface area contributed by atoms with Crippen LogP contribution in [0.3, 0.4) is 0 Å². The van der Waals surface area contributed by atoms with Crippen molar-refractivity contribution in [2.24, 2.45) is 0 Å². The smallest absolute Gasteiger partial charge is 0.233 e. The van der Waals surface area contributed by atoms with Crippen LogP contribution >= 0.6 is 11.8 Å². The first-order valence-corrected chi connectivity index (χ1v) is 13.5. The summed E-state index contributed by atoms with van der Waals surface area (Å²) in [6.07, 6.45) is 3.63. The van der Waals surface area contributed by atoms with E-state index in [0.29, 0.717) is 26.2 Å². The van der Waals surface area contributed by atoms with Crippen LogP contribution < -0.4 is 0 Å². The number of imidazole rings is 1. The lowest BCUT2D eigenvalue weighted by Gasteiger charge is -2.34. The summed E-state index contributed by atoms with van der Waals surface area (Å²) < 4.78 is 28.9. The topological polar surface area (TPSA) is 75.5 Å². The second-order valence-electron chi connectivity index (χ2n) is 8.16. The van der Waals surface area contributed by atoms with Gasteiger partial charge in [-0.05, 0) is 42.7 Å². The Morgan fingerprint density at radius 2 is 1.73 bits per heavy atom. The van der Waals surface area contributed by atoms with Gasteiger partial charge in [0.25, 0.3) is 0 Å². The Kier molecular flexibility index (Phi) is 7.21. The van der Waals surface area contributed by atoms with E-state index in [1.54, 1.807) is 11.1 Å². The lowest BCUT2D eigenvalue weighted by molar-refractivity contribution is -0.129. The highest BCUT2D eigenvalue weighted by Gasteiger charge is 2.29. The molecule has 0 bridgehead atoms. The summed E-state index contributed by atoms with van der Waals surface area (Å²) in [4.78, 5) is 18.9. The van der Waals surface area contributed by atoms with Crippen LogP contribution in [-0.2, 0) is 20.6 Å². The van der Waals surface area contributed by atoms with E-state index >= 15 is 0 Å². The molecule has 0 N–H and O–H groups in total. The maximum atomic E-state index is 12.8. The fraction of sp³-hybridized carbons (Fsp3) is 0.333. The number of hydrogen-bond donors (Lipinski definition) is 0. The van der Waals surface area contributed by atoms with E-state index in [2.05, 4.69) is 31.0 Å². The molecule has 1 saturated heterocycles. The van der Waals surface area contributed by atoms with Crippen molar-refractivity contribution in [1.82, 2.24) is 18.8 Å². The molecule has 0 unspecified atom stereocenters. The van der Waals surface area contributed by atoms with Gasteiger partial charge in [-0.1, -0.05) is 48.2 Å². The first kappa shape index (κ1) is 23.5. The Morgan fingerprint density at radius 3 is 2.42 bits per heavy atom. The lowest BCUT2D eigenvalue weighted by Crippen LogP contribution is -2.51. The van der Waals surface area contributed by atoms with Gasteiger partial charge in [-0.2, -0.15) is 4.31 Å². The first-order valence-electron chi connectivity index (χ1n) is 10.9. The van der Waals surface area contributed by atoms with Crippen LogP contribution in [0.1, 0.15) is 16.7 Å². The van der Waals surface area contributed by atoms with E-state index in [4.69, 9.17) is 0 Å². The molecule has 7 nitrogen and oxygen atoms in total. The second-order valence-corrected chi connectivity index (χ2v) is 11.1. The molecule has 0 aliphatic carbocycles. The zero-order chi connectivity index (χ0) is 23.4. The van der Waals surface area contributed by atoms with Crippen molar-refractivity contribution in [1.29, 1.82) is 0 Å². The molecule has 1 aliphatic heterocycles. The predicted molar refractivity (Wildman–Crippen MR) is 131 cm³/mol. The fourth-order valence-electron chi connectivity index (χ4n) is 3.78. The highest BCUT2D eigenvalue weighted by atomic mass is 32.2. The summed E-state index contributed by atoms with van der Waals surface area (Å²) in [5, 5.41) is 0.760. The molecule has 4 rings (SSSR count). The van der Waals surface area contributed by atoms with Gasteiger partial charge in [0.15, 0.2) is 5.16 Å². The summed E-state index contributed by atoms with van der Waals surface area (Å²) in [7, 11) is -3.40. The van der Waals surface area contributed by atoms with Crippen LogP contribution in [0.25, 0.3) is 5.69 Å². The van der Waals surface area contributed by atoms with Crippen LogP contribution in [0.2, 0.25) is 0 Å². The molecule has 2 aromatic carbocycles. The van der Waals surface area contributed by atoms with E-state index in [9.17, 15) is 13.2 Å². The number of thioether (sulfide) groups is 1. The Bertz CT molecular complexity index is 1220. The number of rotatable bonds is 7. The summed E-state index contributed by atoms with van der Waals surface area (Å²) in [6.45, 7) is 5.60. The van der Waals surface area contributed by atoms with Crippen molar-refractivity contribution in [3.05, 3.63) is 77.6 Å². The lowest BCUT2D eigenvalue weighted by atomic mass is 10.1. The van der Waals surface area contributed by atoms with Crippen LogP contribution in [0.4, 0.5) is 0 Å². The van der Waals surface area contributed by atoms with Crippen molar-refractivity contribution in [3.8, 4) is 5.69 Å². The van der Waals surface area contributed by atoms with Crippen molar-refractivity contribution in [3.63, 3.8) is 0 Å². The van der Waals surface area contributed by atoms with Crippen molar-refractivity contribution >= 4 is 27.7 Å². The van der Waals surface area contributed by atoms with Gasteiger partial charge in [-0.15, -0.1) is 0 Å². The number of hydrogen-bond acceptors (Lipinski definition) is 5. The van der Waals surface area contributed by atoms with Crippen LogP contribution in [0.5, 0.6) is 0 Å². The third kappa shape index (κ3) is 5.66. The van der Waals surface area contributed by atoms with Gasteiger partial charge in [0, 0.05) is 44.3 Å². The van der Waals surface area contributed by atoms with Crippen LogP contribution in [0.15, 0.2) is 66.1 Å². The van der Waals surface area contributed by atoms with E-state index in [-0.39, 0.29) is 17.4 Å². The molecule has 2 heterocycles. The number of nitrogens with zero attached hydrogens (tertiary/aromatic N) is 4. The quantitative estimate of drug-likeness (QED) is 0.481. The minimum atomic E-state index is -3.40. The number of carbonyl (C=O) groups excluding carboxylic acids is 1. The molecule has 0 atom stereocenters. The van der Waals surface area contributed by atoms with E-state index < -0.39 is 10.0 Å². The predicted octanol–water partition coefficient (Wildman–Crippen LogP) is 3.26. The average Bonchev–Trinajstić information content (AvgIpc) is 3.28. The summed E-state index contributed by atoms with van der Waals surface area (Å²) in [5.41, 5.74) is 4.22. The molecule has 174 valence electrons. The van der Waals surface area contributed by atoms with E-state index in [0.717, 1.165) is 16.4 Å². The van der Waals surface area contributed by atoms with Crippen molar-refractivity contribution in [2.75, 3.05) is 31.9 Å². The minimum Gasteiger partial charge on any atom is -0.339 e. The zero-order valence-corrected chi connectivity index (χ0v) is 20.5. The van der Waals surface area contributed by atoms with Gasteiger partial charge in [-0.25, -0.2) is 13.4 Å². The third-order valence-corrected chi connectivity index (χ3v) is 8.68. The van der Waals surface area contributed by atoms with Gasteiger partial charge in [0.2, 0.25) is 15.9 Å². The molecule has 3 aromatic rings. The molecule has 1 aromatic heterocycles. The molecule has 1 amide bonds. The van der Waals surface area contributed by atoms with Gasteiger partial charge < -0.3 is 4.90 Å². The number of sulfonamides is 1. The maximum Gasteiger partial charge on any atom is 0.233 e. The second kappa shape index (κ2) is 10.1. The molecule has 1 fully saturated rings. The molecule has 1 aliphatic rings. The Morgan fingerprint density at radius 1 is 1.00 bits per heavy atom. The standard InChI is InChI=1S/C24H28N4O3S2/c1-19-8-9-22(16-20(19)2)28-11-10-25-24(28)32-17-23(29)26-12-14-27(15-13-26)33(30,31)18-21-6-4-3-5-7-21/h3-11,16H,12-15,17-18H2,1-2H3. The zero-order valence-electron chi connectivity index (χ0n) is 18.8. The number of carbonyl (C=O) groups is 1. The van der Waals surface area contributed by atoms with Gasteiger partial charge in [0.1, 0.15) is 0 Å². The van der Waals surface area contributed by atoms with Crippen LogP contribution in [-0.4, -0.2) is 65.0 Å². The summed E-state index contributed by atoms with van der Waals surface area (Å²) >= 11 is 1.40. The molecular weight excluding hydrogens is 456 g/mol. The molecule has 9 heteroatoms. The number of benzene rings is 2. The van der Waals surface area contributed by atoms with Crippen molar-refractivity contribution < 1.29 is 13.2 Å². The van der Waals surface area contributed by atoms with E-state index in [1.165, 1.54) is 27.2 Å². The largest absolute Gasteiger partial charge is 0.339 e. The van der Waals surface area contributed by atoms with Crippen molar-refractivity contribution in [2.45, 2.75) is 24.8 Å². The number of aromatic nitrogens is 2. The van der Waals surface area contributed by atoms with Gasteiger partial charge >= 0.3 is 0 Å². The Hall–Kier alpha value is -2.62.